The van der Waals surface area contributed by atoms with E-state index in [1.807, 2.05) is 37.3 Å². The van der Waals surface area contributed by atoms with Gasteiger partial charge in [-0.2, -0.15) is 4.31 Å². The van der Waals surface area contributed by atoms with Crippen LogP contribution >= 0.6 is 24.0 Å². The Balaban J connectivity index is 0.00000363. The van der Waals surface area contributed by atoms with E-state index in [1.54, 1.807) is 30.7 Å². The van der Waals surface area contributed by atoms with Gasteiger partial charge in [0.05, 0.1) is 25.7 Å². The number of guanidine groups is 1. The number of hydrogen-bond donors (Lipinski definition) is 2. The Kier molecular flexibility index (Phi) is 10.0. The number of aliphatic imine (C=N–C) groups is 1. The molecular weight excluding hydrogens is 543 g/mol. The van der Waals surface area contributed by atoms with Gasteiger partial charge in [0.2, 0.25) is 10.0 Å². The van der Waals surface area contributed by atoms with Crippen LogP contribution in [0.5, 0.6) is 11.5 Å². The fourth-order valence-electron chi connectivity index (χ4n) is 3.37. The van der Waals surface area contributed by atoms with Crippen molar-refractivity contribution in [3.05, 3.63) is 48.0 Å². The highest BCUT2D eigenvalue weighted by Crippen LogP contribution is 2.29. The average molecular weight is 574 g/mol. The molecule has 176 valence electrons. The van der Waals surface area contributed by atoms with Gasteiger partial charge in [0, 0.05) is 31.4 Å². The van der Waals surface area contributed by atoms with Gasteiger partial charge in [-0.25, -0.2) is 13.4 Å². The monoisotopic (exact) mass is 574 g/mol. The Hall–Kier alpha value is -2.05. The molecule has 1 saturated heterocycles. The minimum absolute atomic E-state index is 0. The zero-order chi connectivity index (χ0) is 22.3. The summed E-state index contributed by atoms with van der Waals surface area (Å²) in [7, 11) is -0.211. The molecule has 0 aromatic heterocycles. The van der Waals surface area contributed by atoms with Crippen molar-refractivity contribution in [2.45, 2.75) is 31.2 Å². The maximum atomic E-state index is 12.7. The van der Waals surface area contributed by atoms with Crippen molar-refractivity contribution in [1.82, 2.24) is 9.62 Å². The van der Waals surface area contributed by atoms with Crippen molar-refractivity contribution >= 4 is 45.6 Å². The number of ether oxygens (including phenoxy) is 2. The normalized spacial score (nSPS) is 14.5. The molecule has 0 radical (unpaired) electrons. The summed E-state index contributed by atoms with van der Waals surface area (Å²) in [6.07, 6.45) is 1.85. The lowest BCUT2D eigenvalue weighted by Gasteiger charge is -2.15. The summed E-state index contributed by atoms with van der Waals surface area (Å²) >= 11 is 0. The molecule has 0 saturated carbocycles. The third-order valence-corrected chi connectivity index (χ3v) is 6.95. The summed E-state index contributed by atoms with van der Waals surface area (Å²) in [5, 5.41) is 6.45. The molecule has 0 unspecified atom stereocenters. The Bertz CT molecular complexity index is 1010. The summed E-state index contributed by atoms with van der Waals surface area (Å²) in [4.78, 5) is 4.94. The van der Waals surface area contributed by atoms with Gasteiger partial charge in [-0.3, -0.25) is 0 Å². The van der Waals surface area contributed by atoms with Gasteiger partial charge < -0.3 is 20.1 Å². The molecule has 3 rings (SSSR count). The van der Waals surface area contributed by atoms with Gasteiger partial charge in [0.1, 0.15) is 0 Å². The highest BCUT2D eigenvalue weighted by Gasteiger charge is 2.26. The van der Waals surface area contributed by atoms with Crippen LogP contribution in [0.4, 0.5) is 5.69 Å². The molecule has 8 nitrogen and oxygen atoms in total. The van der Waals surface area contributed by atoms with Crippen LogP contribution in [0.1, 0.15) is 25.3 Å². The summed E-state index contributed by atoms with van der Waals surface area (Å²) in [5.41, 5.74) is 1.73. The molecule has 1 heterocycles. The smallest absolute Gasteiger partial charge is 0.243 e. The lowest BCUT2D eigenvalue weighted by Crippen LogP contribution is -2.30. The number of methoxy groups -OCH3 is 2. The summed E-state index contributed by atoms with van der Waals surface area (Å²) in [6.45, 7) is 4.30. The van der Waals surface area contributed by atoms with Crippen LogP contribution in [0.3, 0.4) is 0 Å². The highest BCUT2D eigenvalue weighted by molar-refractivity contribution is 14.0. The number of halogens is 1. The summed E-state index contributed by atoms with van der Waals surface area (Å²) < 4.78 is 37.5. The Labute approximate surface area is 207 Å². The molecule has 0 amide bonds. The number of sulfonamides is 1. The topological polar surface area (TPSA) is 92.3 Å². The van der Waals surface area contributed by atoms with E-state index in [1.165, 1.54) is 0 Å². The van der Waals surface area contributed by atoms with Crippen LogP contribution in [0, 0.1) is 0 Å². The first-order valence-corrected chi connectivity index (χ1v) is 11.8. The fourth-order valence-corrected chi connectivity index (χ4v) is 4.89. The molecule has 1 aliphatic heterocycles. The molecule has 32 heavy (non-hydrogen) atoms. The second-order valence-corrected chi connectivity index (χ2v) is 9.08. The van der Waals surface area contributed by atoms with Crippen LogP contribution in [-0.2, 0) is 16.6 Å². The van der Waals surface area contributed by atoms with Crippen LogP contribution in [0.15, 0.2) is 52.4 Å². The van der Waals surface area contributed by atoms with Gasteiger partial charge >= 0.3 is 0 Å². The minimum atomic E-state index is -3.40. The molecule has 0 atom stereocenters. The van der Waals surface area contributed by atoms with Crippen LogP contribution in [-0.4, -0.2) is 52.5 Å². The van der Waals surface area contributed by atoms with E-state index in [2.05, 4.69) is 15.6 Å². The quantitative estimate of drug-likeness (QED) is 0.284. The predicted octanol–water partition coefficient (Wildman–Crippen LogP) is 3.68. The van der Waals surface area contributed by atoms with E-state index in [4.69, 9.17) is 9.47 Å². The molecule has 0 aliphatic carbocycles. The van der Waals surface area contributed by atoms with Gasteiger partial charge in [0.25, 0.3) is 0 Å². The van der Waals surface area contributed by atoms with E-state index in [0.717, 1.165) is 24.1 Å². The molecule has 1 aliphatic rings. The third kappa shape index (κ3) is 6.48. The van der Waals surface area contributed by atoms with Gasteiger partial charge in [-0.15, -0.1) is 24.0 Å². The van der Waals surface area contributed by atoms with Crippen molar-refractivity contribution in [3.63, 3.8) is 0 Å². The third-order valence-electron chi connectivity index (χ3n) is 5.04. The van der Waals surface area contributed by atoms with Gasteiger partial charge in [0.15, 0.2) is 17.5 Å². The number of anilines is 1. The first-order chi connectivity index (χ1) is 15.0. The summed E-state index contributed by atoms with van der Waals surface area (Å²) in [6, 6.07) is 12.5. The largest absolute Gasteiger partial charge is 0.493 e. The average Bonchev–Trinajstić information content (AvgIpc) is 3.34. The first kappa shape index (κ1) is 26.2. The van der Waals surface area contributed by atoms with E-state index >= 15 is 0 Å². The second kappa shape index (κ2) is 12.3. The Morgan fingerprint density at radius 2 is 1.69 bits per heavy atom. The minimum Gasteiger partial charge on any atom is -0.493 e. The van der Waals surface area contributed by atoms with E-state index < -0.39 is 10.0 Å². The zero-order valence-electron chi connectivity index (χ0n) is 18.6. The lowest BCUT2D eigenvalue weighted by atomic mass is 10.2. The number of nitrogens with one attached hydrogen (secondary N) is 2. The van der Waals surface area contributed by atoms with Crippen molar-refractivity contribution in [2.75, 3.05) is 39.2 Å². The maximum absolute atomic E-state index is 12.7. The van der Waals surface area contributed by atoms with E-state index in [0.29, 0.717) is 48.5 Å². The van der Waals surface area contributed by atoms with E-state index in [-0.39, 0.29) is 24.0 Å². The molecular formula is C22H31IN4O4S. The second-order valence-electron chi connectivity index (χ2n) is 7.15. The van der Waals surface area contributed by atoms with Crippen LogP contribution in [0.25, 0.3) is 0 Å². The van der Waals surface area contributed by atoms with Crippen molar-refractivity contribution in [1.29, 1.82) is 0 Å². The predicted molar refractivity (Wildman–Crippen MR) is 138 cm³/mol. The summed E-state index contributed by atoms with van der Waals surface area (Å²) in [5.74, 6) is 1.89. The van der Waals surface area contributed by atoms with Crippen molar-refractivity contribution in [2.24, 2.45) is 4.99 Å². The van der Waals surface area contributed by atoms with Crippen molar-refractivity contribution in [3.8, 4) is 11.5 Å². The number of benzene rings is 2. The van der Waals surface area contributed by atoms with E-state index in [9.17, 15) is 8.42 Å². The Morgan fingerprint density at radius 1 is 1.03 bits per heavy atom. The van der Waals surface area contributed by atoms with Crippen LogP contribution in [0.2, 0.25) is 0 Å². The fraction of sp³-hybridized carbons (Fsp3) is 0.409. The molecule has 2 N–H and O–H groups in total. The van der Waals surface area contributed by atoms with Gasteiger partial charge in [-0.05, 0) is 49.6 Å². The lowest BCUT2D eigenvalue weighted by molar-refractivity contribution is 0.355. The Morgan fingerprint density at radius 3 is 2.28 bits per heavy atom. The number of nitrogens with zero attached hydrogens (tertiary/aromatic N) is 2. The first-order valence-electron chi connectivity index (χ1n) is 10.3. The molecule has 0 spiro atoms. The van der Waals surface area contributed by atoms with Crippen LogP contribution < -0.4 is 20.1 Å². The van der Waals surface area contributed by atoms with Crippen molar-refractivity contribution < 1.29 is 17.9 Å². The standard InChI is InChI=1S/C22H30N4O4S.HI/c1-4-23-22(25-18-9-12-20(29-2)21(15-18)30-3)24-16-17-7-10-19(11-8-17)31(27,28)26-13-5-6-14-26;/h7-12,15H,4-6,13-14,16H2,1-3H3,(H2,23,24,25);1H. The molecule has 0 bridgehead atoms. The SMILES string of the molecule is CCNC(=NCc1ccc(S(=O)(=O)N2CCCC2)cc1)Nc1ccc(OC)c(OC)c1.I. The molecule has 1 fully saturated rings. The number of rotatable bonds is 8. The van der Waals surface area contributed by atoms with Gasteiger partial charge in [-0.1, -0.05) is 12.1 Å². The molecule has 10 heteroatoms. The highest BCUT2D eigenvalue weighted by atomic mass is 127. The number of hydrogen-bond acceptors (Lipinski definition) is 5. The zero-order valence-corrected chi connectivity index (χ0v) is 21.8. The molecule has 2 aromatic rings. The maximum Gasteiger partial charge on any atom is 0.243 e. The molecule has 2 aromatic carbocycles.